The molecule has 1 saturated heterocycles. The number of carbonyl (C=O) groups is 3. The molecule has 0 aromatic carbocycles. The van der Waals surface area contributed by atoms with Crippen LogP contribution in [0.2, 0.25) is 0 Å². The van der Waals surface area contributed by atoms with Crippen LogP contribution in [0.25, 0.3) is 0 Å². The maximum atomic E-state index is 12.2. The van der Waals surface area contributed by atoms with Gasteiger partial charge < -0.3 is 20.8 Å². The maximum Gasteiger partial charge on any atom is 0.353 e. The number of hydrogen-bond donors (Lipinski definition) is 3. The van der Waals surface area contributed by atoms with Gasteiger partial charge in [0.15, 0.2) is 4.34 Å². The third-order valence-electron chi connectivity index (χ3n) is 4.24. The smallest absolute Gasteiger partial charge is 0.353 e. The number of aliphatic carboxylic acids is 1. The highest BCUT2D eigenvalue weighted by Crippen LogP contribution is 2.52. The van der Waals surface area contributed by atoms with Gasteiger partial charge in [0.25, 0.3) is 5.91 Å². The van der Waals surface area contributed by atoms with E-state index >= 15 is 0 Å². The van der Waals surface area contributed by atoms with Crippen molar-refractivity contribution in [1.82, 2.24) is 9.88 Å². The quantitative estimate of drug-likeness (QED) is 0.643. The third-order valence-corrected chi connectivity index (χ3v) is 6.47. The molecule has 0 spiro atoms. The number of rotatable bonds is 5. The number of aromatic nitrogens is 1. The normalized spacial score (nSPS) is 27.0. The van der Waals surface area contributed by atoms with Gasteiger partial charge in [-0.1, -0.05) is 18.7 Å². The Kier molecular flexibility index (Phi) is 4.14. The molecule has 0 radical (unpaired) electrons. The van der Waals surface area contributed by atoms with Crippen molar-refractivity contribution in [2.24, 2.45) is 17.6 Å². The zero-order valence-corrected chi connectivity index (χ0v) is 14.4. The highest BCUT2D eigenvalue weighted by molar-refractivity contribution is 8.04. The van der Waals surface area contributed by atoms with E-state index in [4.69, 9.17) is 5.73 Å². The standard InChI is InChI=1S/C14H15N3O5S2/c1-4-8-7(5(2)18)12(20)17(8)9(13(21)22)10(4)24-14-16-6(3-23-14)11(15)19/h3-5,7-8,18H,1-2H3,(H2,15,19)(H,21,22)/t4-,5-,7-,8-/m1/s1. The van der Waals surface area contributed by atoms with Crippen LogP contribution in [0.5, 0.6) is 0 Å². The molecule has 1 fully saturated rings. The molecule has 0 saturated carbocycles. The van der Waals surface area contributed by atoms with E-state index in [0.29, 0.717) is 9.24 Å². The number of β-lactam (4-membered cyclic amide) rings is 1. The molecule has 10 heteroatoms. The predicted octanol–water partition coefficient (Wildman–Crippen LogP) is 0.488. The molecule has 24 heavy (non-hydrogen) atoms. The molecule has 0 unspecified atom stereocenters. The van der Waals surface area contributed by atoms with E-state index in [1.165, 1.54) is 28.5 Å². The number of carbonyl (C=O) groups excluding carboxylic acids is 2. The second kappa shape index (κ2) is 5.87. The number of thiazole rings is 1. The number of fused-ring (bicyclic) bond motifs is 1. The number of carboxylic acid groups (broad SMARTS) is 1. The lowest BCUT2D eigenvalue weighted by Gasteiger charge is -2.46. The van der Waals surface area contributed by atoms with Crippen LogP contribution in [0, 0.1) is 11.8 Å². The number of nitrogens with two attached hydrogens (primary N) is 1. The van der Waals surface area contributed by atoms with Crippen molar-refractivity contribution in [3.05, 3.63) is 21.7 Å². The van der Waals surface area contributed by atoms with E-state index in [1.807, 2.05) is 6.92 Å². The van der Waals surface area contributed by atoms with Crippen LogP contribution in [-0.4, -0.2) is 50.0 Å². The van der Waals surface area contributed by atoms with Crippen molar-refractivity contribution in [1.29, 1.82) is 0 Å². The van der Waals surface area contributed by atoms with Gasteiger partial charge in [0.2, 0.25) is 5.91 Å². The molecule has 3 rings (SSSR count). The number of hydrogen-bond acceptors (Lipinski definition) is 7. The van der Waals surface area contributed by atoms with E-state index in [1.54, 1.807) is 0 Å². The van der Waals surface area contributed by atoms with Crippen LogP contribution in [0.1, 0.15) is 24.3 Å². The number of aliphatic hydroxyl groups is 1. The molecule has 1 aromatic heterocycles. The van der Waals surface area contributed by atoms with Gasteiger partial charge in [-0.2, -0.15) is 0 Å². The van der Waals surface area contributed by atoms with Crippen LogP contribution in [0.3, 0.4) is 0 Å². The molecule has 3 heterocycles. The third kappa shape index (κ3) is 2.41. The minimum absolute atomic E-state index is 0.0739. The Bertz CT molecular complexity index is 772. The maximum absolute atomic E-state index is 12.2. The summed E-state index contributed by atoms with van der Waals surface area (Å²) in [5.74, 6) is -3.09. The molecule has 8 nitrogen and oxygen atoms in total. The summed E-state index contributed by atoms with van der Waals surface area (Å²) in [5.41, 5.74) is 5.21. The van der Waals surface area contributed by atoms with Crippen molar-refractivity contribution in [2.45, 2.75) is 30.3 Å². The zero-order valence-electron chi connectivity index (χ0n) is 12.8. The molecule has 1 aromatic rings. The van der Waals surface area contributed by atoms with E-state index in [-0.39, 0.29) is 29.3 Å². The summed E-state index contributed by atoms with van der Waals surface area (Å²) in [5, 5.41) is 20.8. The topological polar surface area (TPSA) is 134 Å². The molecule has 4 N–H and O–H groups in total. The van der Waals surface area contributed by atoms with E-state index in [2.05, 4.69) is 4.98 Å². The summed E-state index contributed by atoms with van der Waals surface area (Å²) in [6.07, 6.45) is -0.845. The Morgan fingerprint density at radius 1 is 1.50 bits per heavy atom. The number of nitrogens with zero attached hydrogens (tertiary/aromatic N) is 2. The van der Waals surface area contributed by atoms with Crippen LogP contribution in [-0.2, 0) is 9.59 Å². The second-order valence-electron chi connectivity index (χ2n) is 5.74. The summed E-state index contributed by atoms with van der Waals surface area (Å²) in [6, 6.07) is -0.373. The van der Waals surface area contributed by atoms with Crippen LogP contribution in [0.15, 0.2) is 20.3 Å². The van der Waals surface area contributed by atoms with Crippen LogP contribution in [0.4, 0.5) is 0 Å². The SMILES string of the molecule is C[C@@H](O)[C@H]1C(=O)N2C(C(=O)O)=C(Sc3nc(C(N)=O)cs3)[C@H](C)[C@H]12. The minimum atomic E-state index is -1.20. The van der Waals surface area contributed by atoms with E-state index < -0.39 is 23.9 Å². The van der Waals surface area contributed by atoms with Gasteiger partial charge in [-0.15, -0.1) is 11.3 Å². The first-order valence-corrected chi connectivity index (χ1v) is 8.85. The summed E-state index contributed by atoms with van der Waals surface area (Å²) in [6.45, 7) is 3.35. The van der Waals surface area contributed by atoms with Crippen molar-refractivity contribution in [2.75, 3.05) is 0 Å². The monoisotopic (exact) mass is 369 g/mol. The minimum Gasteiger partial charge on any atom is -0.477 e. The fourth-order valence-electron chi connectivity index (χ4n) is 3.17. The van der Waals surface area contributed by atoms with Crippen LogP contribution < -0.4 is 5.73 Å². The van der Waals surface area contributed by atoms with Crippen molar-refractivity contribution < 1.29 is 24.6 Å². The Hall–Kier alpha value is -1.91. The molecule has 0 bridgehead atoms. The molecule has 128 valence electrons. The molecule has 0 aliphatic carbocycles. The van der Waals surface area contributed by atoms with Crippen molar-refractivity contribution >= 4 is 40.9 Å². The van der Waals surface area contributed by atoms with Gasteiger partial charge in [-0.25, -0.2) is 9.78 Å². The van der Waals surface area contributed by atoms with Crippen molar-refractivity contribution in [3.8, 4) is 0 Å². The lowest BCUT2D eigenvalue weighted by Crippen LogP contribution is -2.63. The number of amides is 2. The summed E-state index contributed by atoms with van der Waals surface area (Å²) >= 11 is 2.30. The Morgan fingerprint density at radius 3 is 2.67 bits per heavy atom. The average Bonchev–Trinajstić information content (AvgIpc) is 3.03. The first-order valence-electron chi connectivity index (χ1n) is 7.15. The number of carboxylic acids is 1. The lowest BCUT2D eigenvalue weighted by molar-refractivity contribution is -0.163. The second-order valence-corrected chi connectivity index (χ2v) is 7.88. The fraction of sp³-hybridized carbons (Fsp3) is 0.429. The fourth-order valence-corrected chi connectivity index (χ4v) is 5.25. The highest BCUT2D eigenvalue weighted by Gasteiger charge is 2.60. The number of thioether (sulfide) groups is 1. The molecule has 4 atom stereocenters. The van der Waals surface area contributed by atoms with E-state index in [9.17, 15) is 24.6 Å². The van der Waals surface area contributed by atoms with Gasteiger partial charge in [-0.3, -0.25) is 9.59 Å². The molecule has 2 aliphatic heterocycles. The van der Waals surface area contributed by atoms with Gasteiger partial charge >= 0.3 is 5.97 Å². The first kappa shape index (κ1) is 16.9. The molecular weight excluding hydrogens is 354 g/mol. The van der Waals surface area contributed by atoms with Crippen LogP contribution >= 0.6 is 23.1 Å². The number of primary amides is 1. The number of aliphatic hydroxyl groups excluding tert-OH is 1. The molecule has 2 amide bonds. The Labute approximate surface area is 145 Å². The molecular formula is C14H15N3O5S2. The van der Waals surface area contributed by atoms with Gasteiger partial charge in [0, 0.05) is 16.2 Å². The van der Waals surface area contributed by atoms with Gasteiger partial charge in [0.05, 0.1) is 18.1 Å². The van der Waals surface area contributed by atoms with Gasteiger partial charge in [0.1, 0.15) is 11.4 Å². The van der Waals surface area contributed by atoms with E-state index in [0.717, 1.165) is 11.8 Å². The van der Waals surface area contributed by atoms with Gasteiger partial charge in [-0.05, 0) is 6.92 Å². The predicted molar refractivity (Wildman–Crippen MR) is 86.1 cm³/mol. The highest BCUT2D eigenvalue weighted by atomic mass is 32.2. The largest absolute Gasteiger partial charge is 0.477 e. The first-order chi connectivity index (χ1) is 11.2. The summed E-state index contributed by atoms with van der Waals surface area (Å²) < 4.78 is 0.480. The summed E-state index contributed by atoms with van der Waals surface area (Å²) in [4.78, 5) is 40.8. The zero-order chi connectivity index (χ0) is 17.8. The Morgan fingerprint density at radius 2 is 2.17 bits per heavy atom. The lowest BCUT2D eigenvalue weighted by atomic mass is 9.79. The summed E-state index contributed by atoms with van der Waals surface area (Å²) in [7, 11) is 0. The van der Waals surface area contributed by atoms with Crippen molar-refractivity contribution in [3.63, 3.8) is 0 Å². The Balaban J connectivity index is 1.94. The molecule has 2 aliphatic rings. The average molecular weight is 369 g/mol.